The van der Waals surface area contributed by atoms with Crippen LogP contribution in [-0.4, -0.2) is 56.0 Å². The number of rotatable bonds is 6. The highest BCUT2D eigenvalue weighted by Crippen LogP contribution is 2.20. The summed E-state index contributed by atoms with van der Waals surface area (Å²) in [7, 11) is 1.22. The predicted molar refractivity (Wildman–Crippen MR) is 115 cm³/mol. The van der Waals surface area contributed by atoms with Gasteiger partial charge < -0.3 is 4.74 Å². The van der Waals surface area contributed by atoms with Crippen LogP contribution in [-0.2, 0) is 25.5 Å². The molecule has 0 unspecified atom stereocenters. The van der Waals surface area contributed by atoms with Crippen molar-refractivity contribution in [3.63, 3.8) is 0 Å². The van der Waals surface area contributed by atoms with Gasteiger partial charge in [0.2, 0.25) is 5.82 Å². The van der Waals surface area contributed by atoms with E-state index in [1.165, 1.54) is 11.9 Å². The van der Waals surface area contributed by atoms with Gasteiger partial charge in [-0.1, -0.05) is 29.3 Å². The second-order valence-corrected chi connectivity index (χ2v) is 7.57. The maximum Gasteiger partial charge on any atom is 0.329 e. The Morgan fingerprint density at radius 2 is 1.62 bits per heavy atom. The predicted octanol–water partition coefficient (Wildman–Crippen LogP) is 1.96. The zero-order valence-electron chi connectivity index (χ0n) is 17.8. The molecule has 0 spiro atoms. The molecule has 9 heteroatoms. The van der Waals surface area contributed by atoms with Gasteiger partial charge in [-0.3, -0.25) is 14.5 Å². The summed E-state index contributed by atoms with van der Waals surface area (Å²) in [6, 6.07) is 12.2. The minimum atomic E-state index is -1.04. The summed E-state index contributed by atoms with van der Waals surface area (Å²) in [6.45, 7) is 4.03. The number of methoxy groups -OCH3 is 1. The molecule has 1 aromatic heterocycles. The Labute approximate surface area is 184 Å². The number of amides is 2. The molecule has 0 N–H and O–H groups in total. The third-order valence-electron chi connectivity index (χ3n) is 5.12. The van der Waals surface area contributed by atoms with E-state index in [0.29, 0.717) is 11.5 Å². The van der Waals surface area contributed by atoms with Gasteiger partial charge in [0, 0.05) is 24.1 Å². The number of aromatic nitrogens is 4. The van der Waals surface area contributed by atoms with Crippen molar-refractivity contribution in [3.05, 3.63) is 71.3 Å². The Hall–Kier alpha value is -4.14. The molecule has 0 radical (unpaired) electrons. The summed E-state index contributed by atoms with van der Waals surface area (Å²) < 4.78 is 4.80. The lowest BCUT2D eigenvalue weighted by molar-refractivity contribution is -0.155. The first-order chi connectivity index (χ1) is 15.4. The molecule has 0 fully saturated rings. The van der Waals surface area contributed by atoms with Crippen LogP contribution in [0.5, 0.6) is 0 Å². The monoisotopic (exact) mass is 431 g/mol. The van der Waals surface area contributed by atoms with Crippen molar-refractivity contribution in [2.75, 3.05) is 7.11 Å². The number of carbonyl (C=O) groups excluding carboxylic acids is 3. The smallest absolute Gasteiger partial charge is 0.329 e. The second kappa shape index (κ2) is 8.54. The highest BCUT2D eigenvalue weighted by atomic mass is 16.5. The number of esters is 1. The van der Waals surface area contributed by atoms with Crippen molar-refractivity contribution in [2.24, 2.45) is 0 Å². The standard InChI is InChI=1S/C23H21N5O4/c1-14-10-15(2)12-17(11-14)22-24-26-28(25-22)18-6-4-16(5-7-18)13-19(23(31)32-3)27-20(29)8-9-21(27)30/h4-12,19H,13H2,1-3H3/t19-/m0/s1. The van der Waals surface area contributed by atoms with Crippen molar-refractivity contribution < 1.29 is 19.1 Å². The number of aryl methyl sites for hydroxylation is 2. The zero-order chi connectivity index (χ0) is 22.8. The molecule has 2 heterocycles. The molecule has 162 valence electrons. The van der Waals surface area contributed by atoms with E-state index < -0.39 is 23.8 Å². The Kier molecular flexibility index (Phi) is 5.63. The van der Waals surface area contributed by atoms with Gasteiger partial charge in [-0.05, 0) is 48.9 Å². The van der Waals surface area contributed by atoms with E-state index in [2.05, 4.69) is 21.5 Å². The number of ether oxygens (including phenoxy) is 1. The first kappa shape index (κ1) is 21.1. The SMILES string of the molecule is COC(=O)[C@H](Cc1ccc(-n2nnc(-c3cc(C)cc(C)c3)n2)cc1)N1C(=O)C=CC1=O. The fourth-order valence-corrected chi connectivity index (χ4v) is 3.67. The lowest BCUT2D eigenvalue weighted by Crippen LogP contribution is -2.46. The molecule has 2 amide bonds. The Morgan fingerprint density at radius 1 is 1.00 bits per heavy atom. The quantitative estimate of drug-likeness (QED) is 0.434. The summed E-state index contributed by atoms with van der Waals surface area (Å²) in [5.74, 6) is -1.21. The molecule has 32 heavy (non-hydrogen) atoms. The summed E-state index contributed by atoms with van der Waals surface area (Å²) in [6.07, 6.45) is 2.42. The fraction of sp³-hybridized carbons (Fsp3) is 0.217. The number of imide groups is 1. The van der Waals surface area contributed by atoms with Gasteiger partial charge in [0.15, 0.2) is 0 Å². The zero-order valence-corrected chi connectivity index (χ0v) is 17.8. The van der Waals surface area contributed by atoms with E-state index in [9.17, 15) is 14.4 Å². The number of carbonyl (C=O) groups is 3. The van der Waals surface area contributed by atoms with Crippen LogP contribution in [0.25, 0.3) is 17.1 Å². The number of nitrogens with zero attached hydrogens (tertiary/aromatic N) is 5. The summed E-state index contributed by atoms with van der Waals surface area (Å²) in [5.41, 5.74) is 4.55. The Bertz CT molecular complexity index is 1190. The van der Waals surface area contributed by atoms with E-state index in [4.69, 9.17) is 4.74 Å². The van der Waals surface area contributed by atoms with Crippen LogP contribution in [0.3, 0.4) is 0 Å². The van der Waals surface area contributed by atoms with Crippen molar-refractivity contribution in [2.45, 2.75) is 26.3 Å². The summed E-state index contributed by atoms with van der Waals surface area (Å²) in [5, 5.41) is 12.7. The van der Waals surface area contributed by atoms with E-state index >= 15 is 0 Å². The average Bonchev–Trinajstić information content (AvgIpc) is 3.38. The van der Waals surface area contributed by atoms with Gasteiger partial charge in [0.25, 0.3) is 11.8 Å². The number of hydrogen-bond acceptors (Lipinski definition) is 7. The summed E-state index contributed by atoms with van der Waals surface area (Å²) in [4.78, 5) is 38.6. The molecule has 0 aliphatic carbocycles. The maximum atomic E-state index is 12.2. The molecule has 0 bridgehead atoms. The molecule has 3 aromatic rings. The topological polar surface area (TPSA) is 107 Å². The minimum absolute atomic E-state index is 0.130. The maximum absolute atomic E-state index is 12.2. The highest BCUT2D eigenvalue weighted by molar-refractivity contribution is 6.14. The van der Waals surface area contributed by atoms with Gasteiger partial charge in [-0.15, -0.1) is 15.0 Å². The van der Waals surface area contributed by atoms with Gasteiger partial charge in [0.05, 0.1) is 12.8 Å². The van der Waals surface area contributed by atoms with Crippen LogP contribution in [0.15, 0.2) is 54.6 Å². The number of benzene rings is 2. The molecule has 0 saturated carbocycles. The van der Waals surface area contributed by atoms with Gasteiger partial charge in [-0.25, -0.2) is 4.79 Å². The minimum Gasteiger partial charge on any atom is -0.467 e. The summed E-state index contributed by atoms with van der Waals surface area (Å²) >= 11 is 0. The van der Waals surface area contributed by atoms with E-state index in [1.54, 1.807) is 24.3 Å². The van der Waals surface area contributed by atoms with Crippen LogP contribution in [0, 0.1) is 13.8 Å². The molecular formula is C23H21N5O4. The second-order valence-electron chi connectivity index (χ2n) is 7.57. The number of tetrazole rings is 1. The van der Waals surface area contributed by atoms with E-state index in [1.807, 2.05) is 26.0 Å². The van der Waals surface area contributed by atoms with Crippen LogP contribution >= 0.6 is 0 Å². The molecule has 1 aliphatic heterocycles. The Morgan fingerprint density at radius 3 is 2.22 bits per heavy atom. The lowest BCUT2D eigenvalue weighted by atomic mass is 10.0. The molecule has 4 rings (SSSR count). The van der Waals surface area contributed by atoms with Crippen LogP contribution in [0.4, 0.5) is 0 Å². The van der Waals surface area contributed by atoms with Crippen LogP contribution in [0.2, 0.25) is 0 Å². The van der Waals surface area contributed by atoms with Crippen molar-refractivity contribution >= 4 is 17.8 Å². The largest absolute Gasteiger partial charge is 0.467 e. The van der Waals surface area contributed by atoms with Gasteiger partial charge >= 0.3 is 5.97 Å². The van der Waals surface area contributed by atoms with E-state index in [0.717, 1.165) is 39.3 Å². The molecular weight excluding hydrogens is 410 g/mol. The van der Waals surface area contributed by atoms with Gasteiger partial charge in [-0.2, -0.15) is 0 Å². The third kappa shape index (κ3) is 4.18. The lowest BCUT2D eigenvalue weighted by Gasteiger charge is -2.23. The normalized spacial score (nSPS) is 14.2. The molecule has 1 atom stereocenters. The molecule has 1 aliphatic rings. The van der Waals surface area contributed by atoms with Crippen molar-refractivity contribution in [3.8, 4) is 17.1 Å². The highest BCUT2D eigenvalue weighted by Gasteiger charge is 2.36. The fourth-order valence-electron chi connectivity index (χ4n) is 3.67. The molecule has 0 saturated heterocycles. The van der Waals surface area contributed by atoms with Crippen LogP contribution in [0.1, 0.15) is 16.7 Å². The van der Waals surface area contributed by atoms with E-state index in [-0.39, 0.29) is 6.42 Å². The molecule has 2 aromatic carbocycles. The first-order valence-electron chi connectivity index (χ1n) is 9.97. The van der Waals surface area contributed by atoms with Crippen molar-refractivity contribution in [1.82, 2.24) is 25.1 Å². The van der Waals surface area contributed by atoms with Gasteiger partial charge in [0.1, 0.15) is 6.04 Å². The first-order valence-corrected chi connectivity index (χ1v) is 9.97. The average molecular weight is 431 g/mol. The third-order valence-corrected chi connectivity index (χ3v) is 5.12. The molecule has 9 nitrogen and oxygen atoms in total. The Balaban J connectivity index is 1.54. The van der Waals surface area contributed by atoms with Crippen LogP contribution < -0.4 is 0 Å². The van der Waals surface area contributed by atoms with Crippen molar-refractivity contribution in [1.29, 1.82) is 0 Å². The number of hydrogen-bond donors (Lipinski definition) is 0.